The largest absolute Gasteiger partial charge is 0.341 e. The van der Waals surface area contributed by atoms with Gasteiger partial charge in [0.05, 0.1) is 5.41 Å². The first kappa shape index (κ1) is 14.8. The molecule has 1 amide bonds. The number of rotatable bonds is 3. The molecule has 2 rings (SSSR count). The summed E-state index contributed by atoms with van der Waals surface area (Å²) in [6, 6.07) is 0. The van der Waals surface area contributed by atoms with Gasteiger partial charge in [0.15, 0.2) is 0 Å². The third-order valence-corrected chi connectivity index (χ3v) is 4.62. The van der Waals surface area contributed by atoms with E-state index in [-0.39, 0.29) is 5.41 Å². The molecule has 2 aliphatic rings. The quantitative estimate of drug-likeness (QED) is 0.834. The number of piperidine rings is 1. The zero-order valence-corrected chi connectivity index (χ0v) is 12.7. The minimum atomic E-state index is -0.249. The van der Waals surface area contributed by atoms with Gasteiger partial charge in [-0.3, -0.25) is 4.79 Å². The van der Waals surface area contributed by atoms with Crippen LogP contribution in [0.25, 0.3) is 0 Å². The molecule has 0 unspecified atom stereocenters. The highest BCUT2D eigenvalue weighted by atomic mass is 16.2. The van der Waals surface area contributed by atoms with E-state index in [4.69, 9.17) is 0 Å². The number of hydrogen-bond donors (Lipinski definition) is 1. The summed E-state index contributed by atoms with van der Waals surface area (Å²) in [6.07, 6.45) is 2.48. The van der Waals surface area contributed by atoms with Crippen LogP contribution in [-0.4, -0.2) is 61.5 Å². The highest BCUT2D eigenvalue weighted by molar-refractivity contribution is 5.82. The smallest absolute Gasteiger partial charge is 0.229 e. The van der Waals surface area contributed by atoms with E-state index in [0.717, 1.165) is 32.7 Å². The van der Waals surface area contributed by atoms with E-state index in [2.05, 4.69) is 35.9 Å². The summed E-state index contributed by atoms with van der Waals surface area (Å²) in [6.45, 7) is 13.5. The molecule has 2 heterocycles. The van der Waals surface area contributed by atoms with E-state index >= 15 is 0 Å². The van der Waals surface area contributed by atoms with E-state index in [1.54, 1.807) is 0 Å². The molecule has 1 N–H and O–H groups in total. The van der Waals surface area contributed by atoms with Gasteiger partial charge in [-0.05, 0) is 52.2 Å². The second-order valence-corrected chi connectivity index (χ2v) is 6.69. The van der Waals surface area contributed by atoms with Crippen LogP contribution in [0.2, 0.25) is 0 Å². The minimum absolute atomic E-state index is 0.249. The first-order valence-corrected chi connectivity index (χ1v) is 7.75. The Bertz CT molecular complexity index is 309. The molecule has 110 valence electrons. The summed E-state index contributed by atoms with van der Waals surface area (Å²) >= 11 is 0. The monoisotopic (exact) mass is 267 g/mol. The fourth-order valence-corrected chi connectivity index (χ4v) is 3.19. The number of nitrogens with one attached hydrogen (secondary N) is 1. The molecule has 0 atom stereocenters. The molecule has 4 nitrogen and oxygen atoms in total. The summed E-state index contributed by atoms with van der Waals surface area (Å²) < 4.78 is 0. The van der Waals surface area contributed by atoms with Crippen LogP contribution in [0.1, 0.15) is 33.6 Å². The van der Waals surface area contributed by atoms with Crippen molar-refractivity contribution in [1.82, 2.24) is 15.1 Å². The van der Waals surface area contributed by atoms with Gasteiger partial charge in [-0.15, -0.1) is 0 Å². The van der Waals surface area contributed by atoms with Crippen LogP contribution in [0.15, 0.2) is 0 Å². The van der Waals surface area contributed by atoms with Crippen molar-refractivity contribution in [2.24, 2.45) is 11.3 Å². The van der Waals surface area contributed by atoms with E-state index in [1.807, 2.05) is 0 Å². The lowest BCUT2D eigenvalue weighted by molar-refractivity contribution is -0.139. The Morgan fingerprint density at radius 3 is 2.58 bits per heavy atom. The molecular weight excluding hydrogens is 238 g/mol. The lowest BCUT2D eigenvalue weighted by Gasteiger charge is -2.35. The van der Waals surface area contributed by atoms with Crippen molar-refractivity contribution in [2.45, 2.75) is 33.6 Å². The average molecular weight is 267 g/mol. The Hall–Kier alpha value is -0.610. The van der Waals surface area contributed by atoms with Crippen LogP contribution in [-0.2, 0) is 4.79 Å². The van der Waals surface area contributed by atoms with E-state index in [9.17, 15) is 4.79 Å². The zero-order chi connectivity index (χ0) is 13.9. The number of carbonyl (C=O) groups is 1. The number of nitrogens with zero attached hydrogens (tertiary/aromatic N) is 2. The molecule has 0 saturated carbocycles. The van der Waals surface area contributed by atoms with Crippen molar-refractivity contribution in [2.75, 3.05) is 45.8 Å². The van der Waals surface area contributed by atoms with Crippen LogP contribution in [0.5, 0.6) is 0 Å². The molecule has 2 saturated heterocycles. The summed E-state index contributed by atoms with van der Waals surface area (Å²) in [5.41, 5.74) is -0.249. The van der Waals surface area contributed by atoms with Gasteiger partial charge >= 0.3 is 0 Å². The Labute approximate surface area is 117 Å². The minimum Gasteiger partial charge on any atom is -0.341 e. The van der Waals surface area contributed by atoms with Crippen molar-refractivity contribution in [1.29, 1.82) is 0 Å². The maximum absolute atomic E-state index is 12.5. The normalized spacial score (nSPS) is 26.5. The van der Waals surface area contributed by atoms with Crippen molar-refractivity contribution < 1.29 is 4.79 Å². The molecule has 2 fully saturated rings. The van der Waals surface area contributed by atoms with Crippen LogP contribution >= 0.6 is 0 Å². The molecule has 0 bridgehead atoms. The number of likely N-dealkylation sites (tertiary alicyclic amines) is 1. The standard InChI is InChI=1S/C15H29N3O/c1-4-17-8-5-13(6-9-17)11-18-10-7-16-12-15(2,3)14(18)19/h13,16H,4-12H2,1-3H3. The topological polar surface area (TPSA) is 35.6 Å². The molecule has 19 heavy (non-hydrogen) atoms. The molecule has 0 spiro atoms. The van der Waals surface area contributed by atoms with Gasteiger partial charge in [-0.1, -0.05) is 6.92 Å². The Balaban J connectivity index is 1.89. The SMILES string of the molecule is CCN1CCC(CN2CCNCC(C)(C)C2=O)CC1. The number of amides is 1. The van der Waals surface area contributed by atoms with Gasteiger partial charge in [0.1, 0.15) is 0 Å². The Morgan fingerprint density at radius 2 is 1.95 bits per heavy atom. The van der Waals surface area contributed by atoms with Gasteiger partial charge < -0.3 is 15.1 Å². The van der Waals surface area contributed by atoms with E-state index < -0.39 is 0 Å². The second kappa shape index (κ2) is 6.23. The van der Waals surface area contributed by atoms with Gasteiger partial charge in [0.2, 0.25) is 5.91 Å². The van der Waals surface area contributed by atoms with Crippen LogP contribution in [0, 0.1) is 11.3 Å². The molecular formula is C15H29N3O. The highest BCUT2D eigenvalue weighted by Crippen LogP contribution is 2.23. The predicted octanol–water partition coefficient (Wildman–Crippen LogP) is 1.18. The van der Waals surface area contributed by atoms with Crippen molar-refractivity contribution in [3.63, 3.8) is 0 Å². The molecule has 0 aromatic heterocycles. The summed E-state index contributed by atoms with van der Waals surface area (Å²) in [5.74, 6) is 1.02. The summed E-state index contributed by atoms with van der Waals surface area (Å²) in [5, 5.41) is 3.38. The van der Waals surface area contributed by atoms with Gasteiger partial charge in [0.25, 0.3) is 0 Å². The molecule has 0 radical (unpaired) electrons. The predicted molar refractivity (Wildman–Crippen MR) is 78.1 cm³/mol. The lowest BCUT2D eigenvalue weighted by atomic mass is 9.90. The fourth-order valence-electron chi connectivity index (χ4n) is 3.19. The van der Waals surface area contributed by atoms with Gasteiger partial charge in [-0.2, -0.15) is 0 Å². The third kappa shape index (κ3) is 3.69. The van der Waals surface area contributed by atoms with Gasteiger partial charge in [-0.25, -0.2) is 0 Å². The second-order valence-electron chi connectivity index (χ2n) is 6.69. The highest BCUT2D eigenvalue weighted by Gasteiger charge is 2.35. The maximum atomic E-state index is 12.5. The fraction of sp³-hybridized carbons (Fsp3) is 0.933. The van der Waals surface area contributed by atoms with Crippen LogP contribution in [0.4, 0.5) is 0 Å². The van der Waals surface area contributed by atoms with Gasteiger partial charge in [0, 0.05) is 26.2 Å². The maximum Gasteiger partial charge on any atom is 0.229 e. The molecule has 0 aliphatic carbocycles. The molecule has 2 aliphatic heterocycles. The zero-order valence-electron chi connectivity index (χ0n) is 12.7. The Kier molecular flexibility index (Phi) is 4.85. The summed E-state index contributed by atoms with van der Waals surface area (Å²) in [7, 11) is 0. The molecule has 0 aromatic carbocycles. The number of hydrogen-bond acceptors (Lipinski definition) is 3. The first-order valence-electron chi connectivity index (χ1n) is 7.75. The van der Waals surface area contributed by atoms with Crippen LogP contribution in [0.3, 0.4) is 0 Å². The van der Waals surface area contributed by atoms with Crippen molar-refractivity contribution >= 4 is 5.91 Å². The lowest BCUT2D eigenvalue weighted by Crippen LogP contribution is -2.45. The summed E-state index contributed by atoms with van der Waals surface area (Å²) in [4.78, 5) is 17.1. The Morgan fingerprint density at radius 1 is 1.26 bits per heavy atom. The average Bonchev–Trinajstić information content (AvgIpc) is 2.53. The van der Waals surface area contributed by atoms with Crippen molar-refractivity contribution in [3.8, 4) is 0 Å². The van der Waals surface area contributed by atoms with E-state index in [1.165, 1.54) is 25.9 Å². The van der Waals surface area contributed by atoms with Crippen LogP contribution < -0.4 is 5.32 Å². The molecule has 0 aromatic rings. The number of carbonyl (C=O) groups excluding carboxylic acids is 1. The van der Waals surface area contributed by atoms with E-state index in [0.29, 0.717) is 11.8 Å². The van der Waals surface area contributed by atoms with Crippen molar-refractivity contribution in [3.05, 3.63) is 0 Å². The third-order valence-electron chi connectivity index (χ3n) is 4.62. The first-order chi connectivity index (χ1) is 9.03. The molecule has 4 heteroatoms.